The van der Waals surface area contributed by atoms with Gasteiger partial charge in [-0.15, -0.1) is 0 Å². The molecule has 1 aliphatic rings. The summed E-state index contributed by atoms with van der Waals surface area (Å²) in [7, 11) is 3.47. The number of rotatable bonds is 7. The van der Waals surface area contributed by atoms with Gasteiger partial charge in [-0.3, -0.25) is 9.69 Å². The van der Waals surface area contributed by atoms with E-state index in [1.54, 1.807) is 25.3 Å². The van der Waals surface area contributed by atoms with Crippen molar-refractivity contribution in [2.24, 2.45) is 4.99 Å². The van der Waals surface area contributed by atoms with Crippen LogP contribution in [0.2, 0.25) is 0 Å². The highest BCUT2D eigenvalue weighted by Gasteiger charge is 2.25. The van der Waals surface area contributed by atoms with Crippen LogP contribution >= 0.6 is 0 Å². The molecule has 2 heterocycles. The van der Waals surface area contributed by atoms with Crippen molar-refractivity contribution in [1.29, 1.82) is 0 Å². The minimum absolute atomic E-state index is 0.0191. The molecule has 1 amide bonds. The summed E-state index contributed by atoms with van der Waals surface area (Å²) in [6.07, 6.45) is 4.17. The van der Waals surface area contributed by atoms with Gasteiger partial charge >= 0.3 is 0 Å². The minimum Gasteiger partial charge on any atom is -0.468 e. The predicted octanol–water partition coefficient (Wildman–Crippen LogP) is 1.06. The van der Waals surface area contributed by atoms with Gasteiger partial charge in [-0.05, 0) is 45.0 Å². The van der Waals surface area contributed by atoms with Crippen molar-refractivity contribution in [1.82, 2.24) is 20.4 Å². The highest BCUT2D eigenvalue weighted by Crippen LogP contribution is 2.24. The molecule has 134 valence electrons. The van der Waals surface area contributed by atoms with Crippen molar-refractivity contribution in [3.05, 3.63) is 24.2 Å². The molecular formula is C17H29N5O2. The number of furan rings is 1. The average molecular weight is 335 g/mol. The predicted molar refractivity (Wildman–Crippen MR) is 94.9 cm³/mol. The summed E-state index contributed by atoms with van der Waals surface area (Å²) in [5, 5.41) is 6.53. The van der Waals surface area contributed by atoms with Gasteiger partial charge < -0.3 is 20.0 Å². The molecule has 1 unspecified atom stereocenters. The van der Waals surface area contributed by atoms with Gasteiger partial charge in [0.15, 0.2) is 5.96 Å². The molecule has 2 N–H and O–H groups in total. The Balaban J connectivity index is 1.99. The molecule has 0 aliphatic carbocycles. The van der Waals surface area contributed by atoms with Crippen LogP contribution in [0, 0.1) is 0 Å². The Morgan fingerprint density at radius 3 is 2.71 bits per heavy atom. The van der Waals surface area contributed by atoms with Gasteiger partial charge in [-0.1, -0.05) is 0 Å². The normalized spacial score (nSPS) is 16.9. The average Bonchev–Trinajstić information content (AvgIpc) is 3.26. The Morgan fingerprint density at radius 1 is 1.38 bits per heavy atom. The first kappa shape index (κ1) is 18.3. The van der Waals surface area contributed by atoms with Crippen LogP contribution in [0.25, 0.3) is 0 Å². The maximum atomic E-state index is 11.7. The third-order valence-electron chi connectivity index (χ3n) is 4.13. The summed E-state index contributed by atoms with van der Waals surface area (Å²) in [6, 6.07) is 4.12. The second-order valence-electron chi connectivity index (χ2n) is 6.14. The molecule has 1 aromatic heterocycles. The van der Waals surface area contributed by atoms with Gasteiger partial charge in [-0.2, -0.15) is 0 Å². The van der Waals surface area contributed by atoms with Crippen LogP contribution in [0.15, 0.2) is 27.8 Å². The summed E-state index contributed by atoms with van der Waals surface area (Å²) in [5.41, 5.74) is 0. The van der Waals surface area contributed by atoms with Crippen molar-refractivity contribution >= 4 is 11.9 Å². The number of likely N-dealkylation sites (tertiary alicyclic amines) is 1. The van der Waals surface area contributed by atoms with E-state index in [1.807, 2.05) is 19.1 Å². The van der Waals surface area contributed by atoms with Crippen LogP contribution in [0.5, 0.6) is 0 Å². The largest absolute Gasteiger partial charge is 0.468 e. The summed E-state index contributed by atoms with van der Waals surface area (Å²) >= 11 is 0. The Labute approximate surface area is 144 Å². The fourth-order valence-corrected chi connectivity index (χ4v) is 2.77. The molecule has 0 saturated carbocycles. The van der Waals surface area contributed by atoms with Crippen LogP contribution in [0.3, 0.4) is 0 Å². The molecule has 0 aromatic carbocycles. The number of hydrogen-bond acceptors (Lipinski definition) is 4. The number of nitrogens with zero attached hydrogens (tertiary/aromatic N) is 3. The van der Waals surface area contributed by atoms with Gasteiger partial charge in [-0.25, -0.2) is 4.99 Å². The van der Waals surface area contributed by atoms with Crippen molar-refractivity contribution in [2.45, 2.75) is 25.8 Å². The number of guanidine groups is 1. The van der Waals surface area contributed by atoms with E-state index in [9.17, 15) is 4.79 Å². The molecule has 0 spiro atoms. The highest BCUT2D eigenvalue weighted by molar-refractivity contribution is 5.84. The first-order chi connectivity index (χ1) is 11.6. The molecule has 24 heavy (non-hydrogen) atoms. The molecule has 1 aromatic rings. The van der Waals surface area contributed by atoms with Gasteiger partial charge in [0, 0.05) is 27.2 Å². The molecule has 1 atom stereocenters. The van der Waals surface area contributed by atoms with Crippen molar-refractivity contribution in [3.8, 4) is 0 Å². The first-order valence-corrected chi connectivity index (χ1v) is 8.61. The number of hydrogen-bond donors (Lipinski definition) is 2. The first-order valence-electron chi connectivity index (χ1n) is 8.61. The Hall–Kier alpha value is -2.02. The second-order valence-corrected chi connectivity index (χ2v) is 6.14. The summed E-state index contributed by atoms with van der Waals surface area (Å²) in [6.45, 7) is 5.75. The lowest BCUT2D eigenvalue weighted by Crippen LogP contribution is -2.43. The molecular weight excluding hydrogens is 306 g/mol. The third-order valence-corrected chi connectivity index (χ3v) is 4.13. The highest BCUT2D eigenvalue weighted by atomic mass is 16.3. The third kappa shape index (κ3) is 5.26. The lowest BCUT2D eigenvalue weighted by Gasteiger charge is -2.26. The monoisotopic (exact) mass is 335 g/mol. The van der Waals surface area contributed by atoms with Crippen LogP contribution < -0.4 is 10.6 Å². The Morgan fingerprint density at radius 2 is 2.12 bits per heavy atom. The standard InChI is InChI=1S/C17H29N5O2/c1-4-18-17(20-13-16(23)21(2)3)19-12-14(15-8-7-11-24-15)22-9-5-6-10-22/h7-8,11,14H,4-6,9-10,12-13H2,1-3H3,(H2,18,19,20). The molecule has 7 nitrogen and oxygen atoms in total. The molecule has 7 heteroatoms. The van der Waals surface area contributed by atoms with E-state index in [4.69, 9.17) is 4.42 Å². The maximum absolute atomic E-state index is 11.7. The molecule has 1 saturated heterocycles. The van der Waals surface area contributed by atoms with Crippen LogP contribution in [0.1, 0.15) is 31.6 Å². The van der Waals surface area contributed by atoms with Crippen molar-refractivity contribution in [3.63, 3.8) is 0 Å². The second kappa shape index (κ2) is 9.32. The number of carbonyl (C=O) groups is 1. The number of carbonyl (C=O) groups excluding carboxylic acids is 1. The van der Waals surface area contributed by atoms with E-state index in [-0.39, 0.29) is 18.5 Å². The van der Waals surface area contributed by atoms with E-state index >= 15 is 0 Å². The van der Waals surface area contributed by atoms with Gasteiger partial charge in [0.05, 0.1) is 12.3 Å². The summed E-state index contributed by atoms with van der Waals surface area (Å²) in [5.74, 6) is 1.60. The fourth-order valence-electron chi connectivity index (χ4n) is 2.77. The Kier molecular flexibility index (Phi) is 7.11. The molecule has 1 aliphatic heterocycles. The number of likely N-dealkylation sites (N-methyl/N-ethyl adjacent to an activating group) is 1. The lowest BCUT2D eigenvalue weighted by molar-refractivity contribution is -0.127. The summed E-state index contributed by atoms with van der Waals surface area (Å²) in [4.78, 5) is 20.1. The van der Waals surface area contributed by atoms with Crippen LogP contribution in [-0.2, 0) is 4.79 Å². The molecule has 0 radical (unpaired) electrons. The van der Waals surface area contributed by atoms with E-state index < -0.39 is 0 Å². The number of amides is 1. The van der Waals surface area contributed by atoms with Crippen molar-refractivity contribution < 1.29 is 9.21 Å². The van der Waals surface area contributed by atoms with Gasteiger partial charge in [0.1, 0.15) is 12.3 Å². The molecule has 1 fully saturated rings. The van der Waals surface area contributed by atoms with Crippen LogP contribution in [0.4, 0.5) is 0 Å². The quantitative estimate of drug-likeness (QED) is 0.576. The van der Waals surface area contributed by atoms with Gasteiger partial charge in [0.25, 0.3) is 0 Å². The van der Waals surface area contributed by atoms with Crippen LogP contribution in [-0.4, -0.2) is 68.5 Å². The minimum atomic E-state index is -0.0191. The van der Waals surface area contributed by atoms with Crippen molar-refractivity contribution in [2.75, 3.05) is 46.8 Å². The smallest absolute Gasteiger partial charge is 0.243 e. The number of nitrogens with one attached hydrogen (secondary N) is 2. The molecule has 2 rings (SSSR count). The SMILES string of the molecule is CCNC(=NCC(=O)N(C)C)NCC(c1ccco1)N1CCCC1. The lowest BCUT2D eigenvalue weighted by atomic mass is 10.2. The zero-order chi connectivity index (χ0) is 17.4. The Bertz CT molecular complexity index is 521. The van der Waals surface area contributed by atoms with E-state index in [1.165, 1.54) is 12.8 Å². The topological polar surface area (TPSA) is 73.1 Å². The van der Waals surface area contributed by atoms with E-state index in [0.29, 0.717) is 12.5 Å². The maximum Gasteiger partial charge on any atom is 0.243 e. The fraction of sp³-hybridized carbons (Fsp3) is 0.647. The van der Waals surface area contributed by atoms with E-state index in [2.05, 4.69) is 20.5 Å². The molecule has 0 bridgehead atoms. The van der Waals surface area contributed by atoms with Gasteiger partial charge in [0.2, 0.25) is 5.91 Å². The zero-order valence-electron chi connectivity index (χ0n) is 14.9. The number of aliphatic imine (C=N–C) groups is 1. The zero-order valence-corrected chi connectivity index (χ0v) is 14.9. The van der Waals surface area contributed by atoms with E-state index in [0.717, 1.165) is 25.4 Å². The summed E-state index contributed by atoms with van der Waals surface area (Å²) < 4.78 is 5.63.